The first-order valence-corrected chi connectivity index (χ1v) is 9.51. The van der Waals surface area contributed by atoms with Gasteiger partial charge >= 0.3 is 6.09 Å². The van der Waals surface area contributed by atoms with Gasteiger partial charge in [0.1, 0.15) is 6.61 Å². The fraction of sp³-hybridized carbons (Fsp3) is 0.409. The molecular formula is C22H25NO3. The Morgan fingerprint density at radius 1 is 1.08 bits per heavy atom. The third kappa shape index (κ3) is 3.34. The van der Waals surface area contributed by atoms with E-state index in [9.17, 15) is 9.90 Å². The molecule has 0 radical (unpaired) electrons. The normalized spacial score (nSPS) is 17.1. The molecule has 0 aliphatic heterocycles. The molecule has 26 heavy (non-hydrogen) atoms. The highest BCUT2D eigenvalue weighted by Crippen LogP contribution is 2.44. The van der Waals surface area contributed by atoms with E-state index in [1.165, 1.54) is 28.7 Å². The summed E-state index contributed by atoms with van der Waals surface area (Å²) in [5.74, 6) is 0.494. The van der Waals surface area contributed by atoms with Crippen molar-refractivity contribution in [2.75, 3.05) is 13.2 Å². The number of carbonyl (C=O) groups is 1. The van der Waals surface area contributed by atoms with Gasteiger partial charge in [-0.3, -0.25) is 0 Å². The zero-order valence-corrected chi connectivity index (χ0v) is 14.9. The number of benzene rings is 2. The van der Waals surface area contributed by atoms with E-state index in [2.05, 4.69) is 29.6 Å². The van der Waals surface area contributed by atoms with Crippen LogP contribution in [-0.2, 0) is 4.74 Å². The van der Waals surface area contributed by atoms with E-state index in [1.54, 1.807) is 0 Å². The molecule has 0 bridgehead atoms. The topological polar surface area (TPSA) is 58.6 Å². The van der Waals surface area contributed by atoms with Crippen LogP contribution in [0.2, 0.25) is 0 Å². The van der Waals surface area contributed by atoms with Crippen LogP contribution < -0.4 is 5.32 Å². The van der Waals surface area contributed by atoms with Gasteiger partial charge in [-0.05, 0) is 47.4 Å². The summed E-state index contributed by atoms with van der Waals surface area (Å²) in [5.41, 5.74) is 4.87. The number of aliphatic hydroxyl groups excluding tert-OH is 1. The molecule has 0 unspecified atom stereocenters. The number of rotatable bonds is 6. The van der Waals surface area contributed by atoms with Gasteiger partial charge in [0.2, 0.25) is 0 Å². The monoisotopic (exact) mass is 351 g/mol. The summed E-state index contributed by atoms with van der Waals surface area (Å²) in [7, 11) is 0. The molecule has 2 aromatic carbocycles. The molecule has 1 saturated carbocycles. The van der Waals surface area contributed by atoms with Gasteiger partial charge in [0.05, 0.1) is 6.10 Å². The van der Waals surface area contributed by atoms with Crippen molar-refractivity contribution in [2.45, 2.75) is 37.7 Å². The van der Waals surface area contributed by atoms with E-state index < -0.39 is 6.09 Å². The Morgan fingerprint density at radius 3 is 2.27 bits per heavy atom. The Balaban J connectivity index is 1.32. The smallest absolute Gasteiger partial charge is 0.407 e. The van der Waals surface area contributed by atoms with E-state index in [0.29, 0.717) is 25.5 Å². The van der Waals surface area contributed by atoms with Gasteiger partial charge in [-0.15, -0.1) is 0 Å². The van der Waals surface area contributed by atoms with Gasteiger partial charge in [0.25, 0.3) is 0 Å². The number of aliphatic hydroxyl groups is 1. The highest BCUT2D eigenvalue weighted by molar-refractivity contribution is 5.79. The SMILES string of the molecule is O=C(NCC[C@H](O)C1CCC1)OCC1c2ccccc2-c2ccccc21. The van der Waals surface area contributed by atoms with Crippen LogP contribution in [-0.4, -0.2) is 30.5 Å². The van der Waals surface area contributed by atoms with Crippen molar-refractivity contribution in [1.29, 1.82) is 0 Å². The van der Waals surface area contributed by atoms with E-state index in [-0.39, 0.29) is 12.0 Å². The lowest BCUT2D eigenvalue weighted by atomic mass is 9.80. The fourth-order valence-electron chi connectivity index (χ4n) is 4.03. The van der Waals surface area contributed by atoms with Crippen LogP contribution in [0.25, 0.3) is 11.1 Å². The van der Waals surface area contributed by atoms with Gasteiger partial charge in [0.15, 0.2) is 0 Å². The van der Waals surface area contributed by atoms with E-state index in [0.717, 1.165) is 12.8 Å². The lowest BCUT2D eigenvalue weighted by molar-refractivity contribution is 0.0554. The number of hydrogen-bond acceptors (Lipinski definition) is 3. The maximum absolute atomic E-state index is 12.0. The lowest BCUT2D eigenvalue weighted by Crippen LogP contribution is -2.33. The minimum Gasteiger partial charge on any atom is -0.449 e. The van der Waals surface area contributed by atoms with Crippen molar-refractivity contribution in [3.8, 4) is 11.1 Å². The molecule has 1 fully saturated rings. The van der Waals surface area contributed by atoms with Crippen LogP contribution in [0.15, 0.2) is 48.5 Å². The van der Waals surface area contributed by atoms with Crippen LogP contribution in [0.4, 0.5) is 4.79 Å². The Bertz CT molecular complexity index is 739. The number of ether oxygens (including phenoxy) is 1. The van der Waals surface area contributed by atoms with Gasteiger partial charge in [-0.2, -0.15) is 0 Å². The lowest BCUT2D eigenvalue weighted by Gasteiger charge is -2.30. The predicted octanol–water partition coefficient (Wildman–Crippen LogP) is 4.08. The van der Waals surface area contributed by atoms with Gasteiger partial charge in [0, 0.05) is 12.5 Å². The number of amides is 1. The molecule has 2 aliphatic carbocycles. The molecule has 136 valence electrons. The predicted molar refractivity (Wildman–Crippen MR) is 101 cm³/mol. The summed E-state index contributed by atoms with van der Waals surface area (Å²) < 4.78 is 5.49. The summed E-state index contributed by atoms with van der Waals surface area (Å²) in [5, 5.41) is 12.8. The van der Waals surface area contributed by atoms with Gasteiger partial charge in [-0.25, -0.2) is 4.79 Å². The van der Waals surface area contributed by atoms with Crippen molar-refractivity contribution in [2.24, 2.45) is 5.92 Å². The second kappa shape index (κ2) is 7.50. The van der Waals surface area contributed by atoms with Crippen LogP contribution in [0, 0.1) is 5.92 Å². The number of nitrogens with one attached hydrogen (secondary N) is 1. The average Bonchev–Trinajstić information content (AvgIpc) is 2.92. The molecule has 2 aromatic rings. The number of hydrogen-bond donors (Lipinski definition) is 2. The van der Waals surface area contributed by atoms with Crippen molar-refractivity contribution in [3.05, 3.63) is 59.7 Å². The maximum atomic E-state index is 12.0. The molecule has 4 nitrogen and oxygen atoms in total. The molecular weight excluding hydrogens is 326 g/mol. The molecule has 0 aromatic heterocycles. The Labute approximate surface area is 154 Å². The molecule has 1 atom stereocenters. The number of carbonyl (C=O) groups excluding carboxylic acids is 1. The standard InChI is InChI=1S/C22H25NO3/c24-21(15-6-5-7-15)12-13-23-22(25)26-14-20-18-10-3-1-8-16(18)17-9-2-4-11-19(17)20/h1-4,8-11,15,20-21,24H,5-7,12-14H2,(H,23,25)/t21-/m0/s1. The van der Waals surface area contributed by atoms with Crippen LogP contribution in [0.1, 0.15) is 42.7 Å². The van der Waals surface area contributed by atoms with E-state index in [1.807, 2.05) is 24.3 Å². The summed E-state index contributed by atoms with van der Waals surface area (Å²) >= 11 is 0. The first-order valence-electron chi connectivity index (χ1n) is 9.51. The average molecular weight is 351 g/mol. The third-order valence-electron chi connectivity index (χ3n) is 5.75. The van der Waals surface area contributed by atoms with E-state index in [4.69, 9.17) is 4.74 Å². The minimum atomic E-state index is -0.410. The van der Waals surface area contributed by atoms with Crippen LogP contribution in [0.3, 0.4) is 0 Å². The highest BCUT2D eigenvalue weighted by Gasteiger charge is 2.29. The molecule has 2 aliphatic rings. The summed E-state index contributed by atoms with van der Waals surface area (Å²) in [6.45, 7) is 0.777. The van der Waals surface area contributed by atoms with Crippen molar-refractivity contribution >= 4 is 6.09 Å². The molecule has 1 amide bonds. The first kappa shape index (κ1) is 17.1. The first-order chi connectivity index (χ1) is 12.7. The van der Waals surface area contributed by atoms with Crippen molar-refractivity contribution in [1.82, 2.24) is 5.32 Å². The zero-order chi connectivity index (χ0) is 17.9. The molecule has 0 saturated heterocycles. The van der Waals surface area contributed by atoms with Crippen LogP contribution >= 0.6 is 0 Å². The maximum Gasteiger partial charge on any atom is 0.407 e. The molecule has 0 heterocycles. The number of alkyl carbamates (subject to hydrolysis) is 1. The third-order valence-corrected chi connectivity index (χ3v) is 5.75. The van der Waals surface area contributed by atoms with Gasteiger partial charge in [-0.1, -0.05) is 55.0 Å². The molecule has 0 spiro atoms. The Hall–Kier alpha value is -2.33. The quantitative estimate of drug-likeness (QED) is 0.824. The largest absolute Gasteiger partial charge is 0.449 e. The number of fused-ring (bicyclic) bond motifs is 3. The van der Waals surface area contributed by atoms with Gasteiger partial charge < -0.3 is 15.2 Å². The van der Waals surface area contributed by atoms with Crippen molar-refractivity contribution < 1.29 is 14.6 Å². The Morgan fingerprint density at radius 2 is 1.69 bits per heavy atom. The summed E-state index contributed by atoms with van der Waals surface area (Å²) in [6, 6.07) is 16.6. The second-order valence-electron chi connectivity index (χ2n) is 7.30. The van der Waals surface area contributed by atoms with E-state index >= 15 is 0 Å². The minimum absolute atomic E-state index is 0.0775. The molecule has 4 rings (SSSR count). The molecule has 4 heteroatoms. The summed E-state index contributed by atoms with van der Waals surface area (Å²) in [4.78, 5) is 12.0. The van der Waals surface area contributed by atoms with Crippen LogP contribution in [0.5, 0.6) is 0 Å². The fourth-order valence-corrected chi connectivity index (χ4v) is 4.03. The summed E-state index contributed by atoms with van der Waals surface area (Å²) in [6.07, 6.45) is 3.29. The zero-order valence-electron chi connectivity index (χ0n) is 14.9. The second-order valence-corrected chi connectivity index (χ2v) is 7.30. The van der Waals surface area contributed by atoms with Crippen molar-refractivity contribution in [3.63, 3.8) is 0 Å². The molecule has 2 N–H and O–H groups in total. The Kier molecular flexibility index (Phi) is 4.93. The highest BCUT2D eigenvalue weighted by atomic mass is 16.5.